The number of urea groups is 1. The number of rotatable bonds is 8. The first-order chi connectivity index (χ1) is 14.1. The number of carbonyl (C=O) groups is 1. The molecule has 152 valence electrons. The van der Waals surface area contributed by atoms with Crippen molar-refractivity contribution >= 4 is 11.7 Å². The van der Waals surface area contributed by atoms with Crippen LogP contribution in [0, 0.1) is 0 Å². The molecule has 2 N–H and O–H groups in total. The topological polar surface area (TPSA) is 99.5 Å². The van der Waals surface area contributed by atoms with Crippen LogP contribution in [0.5, 0.6) is 17.2 Å². The number of nitrogens with zero attached hydrogens (tertiary/aromatic N) is 3. The minimum absolute atomic E-state index is 0.346. The number of nitrogens with one attached hydrogen (secondary N) is 2. The van der Waals surface area contributed by atoms with Gasteiger partial charge >= 0.3 is 6.03 Å². The normalized spacial score (nSPS) is 10.3. The van der Waals surface area contributed by atoms with E-state index < -0.39 is 0 Å². The molecule has 29 heavy (non-hydrogen) atoms. The van der Waals surface area contributed by atoms with Crippen LogP contribution >= 0.6 is 0 Å². The predicted molar refractivity (Wildman–Crippen MR) is 109 cm³/mol. The van der Waals surface area contributed by atoms with Gasteiger partial charge in [0.1, 0.15) is 0 Å². The van der Waals surface area contributed by atoms with Crippen LogP contribution in [-0.4, -0.2) is 48.7 Å². The summed E-state index contributed by atoms with van der Waals surface area (Å²) in [5.41, 5.74) is 2.37. The maximum atomic E-state index is 12.2. The van der Waals surface area contributed by atoms with Gasteiger partial charge in [-0.2, -0.15) is 5.10 Å². The SMILES string of the molecule is COc1cc(NC(=O)NCCn2ccc(-c3ccncc3)n2)cc(OC)c1OC. The van der Waals surface area contributed by atoms with Gasteiger partial charge in [-0.25, -0.2) is 4.79 Å². The monoisotopic (exact) mass is 397 g/mol. The number of amides is 2. The van der Waals surface area contributed by atoms with E-state index in [1.165, 1.54) is 21.3 Å². The van der Waals surface area contributed by atoms with Crippen LogP contribution in [0.15, 0.2) is 48.9 Å². The molecular weight excluding hydrogens is 374 g/mol. The number of benzene rings is 1. The number of hydrogen-bond acceptors (Lipinski definition) is 6. The third-order valence-corrected chi connectivity index (χ3v) is 4.17. The molecule has 0 atom stereocenters. The third kappa shape index (κ3) is 4.95. The number of hydrogen-bond donors (Lipinski definition) is 2. The van der Waals surface area contributed by atoms with E-state index in [0.717, 1.165) is 11.3 Å². The average Bonchev–Trinajstić information content (AvgIpc) is 3.22. The second kappa shape index (κ2) is 9.45. The molecule has 0 aliphatic heterocycles. The van der Waals surface area contributed by atoms with Crippen LogP contribution in [0.2, 0.25) is 0 Å². The van der Waals surface area contributed by atoms with Gasteiger partial charge in [0.05, 0.1) is 39.3 Å². The van der Waals surface area contributed by atoms with Crippen molar-refractivity contribution in [2.75, 3.05) is 33.2 Å². The molecule has 9 heteroatoms. The Morgan fingerprint density at radius 2 is 1.72 bits per heavy atom. The molecule has 0 fully saturated rings. The number of ether oxygens (including phenoxy) is 3. The summed E-state index contributed by atoms with van der Waals surface area (Å²) in [6.07, 6.45) is 5.32. The van der Waals surface area contributed by atoms with Gasteiger partial charge in [0.25, 0.3) is 0 Å². The lowest BCUT2D eigenvalue weighted by Crippen LogP contribution is -2.31. The summed E-state index contributed by atoms with van der Waals surface area (Å²) in [7, 11) is 4.56. The molecule has 0 saturated heterocycles. The zero-order chi connectivity index (χ0) is 20.6. The quantitative estimate of drug-likeness (QED) is 0.606. The highest BCUT2D eigenvalue weighted by Crippen LogP contribution is 2.39. The van der Waals surface area contributed by atoms with Crippen LogP contribution in [-0.2, 0) is 6.54 Å². The number of anilines is 1. The van der Waals surface area contributed by atoms with Crippen molar-refractivity contribution in [2.24, 2.45) is 0 Å². The summed E-state index contributed by atoms with van der Waals surface area (Å²) in [6.45, 7) is 0.946. The van der Waals surface area contributed by atoms with E-state index in [-0.39, 0.29) is 6.03 Å². The van der Waals surface area contributed by atoms with Gasteiger partial charge in [0.2, 0.25) is 5.75 Å². The molecule has 0 spiro atoms. The Morgan fingerprint density at radius 3 is 2.34 bits per heavy atom. The lowest BCUT2D eigenvalue weighted by Gasteiger charge is -2.15. The van der Waals surface area contributed by atoms with Crippen LogP contribution in [0.1, 0.15) is 0 Å². The highest BCUT2D eigenvalue weighted by atomic mass is 16.5. The fraction of sp³-hybridized carbons (Fsp3) is 0.250. The van der Waals surface area contributed by atoms with Crippen molar-refractivity contribution in [3.63, 3.8) is 0 Å². The Bertz CT molecular complexity index is 934. The minimum atomic E-state index is -0.346. The van der Waals surface area contributed by atoms with Gasteiger partial charge in [-0.3, -0.25) is 9.67 Å². The summed E-state index contributed by atoms with van der Waals surface area (Å²) < 4.78 is 17.6. The lowest BCUT2D eigenvalue weighted by molar-refractivity contribution is 0.251. The number of aromatic nitrogens is 3. The molecule has 1 aromatic carbocycles. The molecule has 3 aromatic rings. The van der Waals surface area contributed by atoms with Gasteiger partial charge < -0.3 is 24.8 Å². The van der Waals surface area contributed by atoms with Crippen LogP contribution < -0.4 is 24.8 Å². The second-order valence-corrected chi connectivity index (χ2v) is 5.99. The van der Waals surface area contributed by atoms with Crippen LogP contribution in [0.25, 0.3) is 11.3 Å². The Kier molecular flexibility index (Phi) is 6.51. The minimum Gasteiger partial charge on any atom is -0.493 e. The van der Waals surface area contributed by atoms with Crippen molar-refractivity contribution < 1.29 is 19.0 Å². The molecule has 0 aliphatic carbocycles. The summed E-state index contributed by atoms with van der Waals surface area (Å²) in [6, 6.07) is 8.70. The molecule has 2 heterocycles. The van der Waals surface area contributed by atoms with Crippen LogP contribution in [0.4, 0.5) is 10.5 Å². The lowest BCUT2D eigenvalue weighted by atomic mass is 10.2. The fourth-order valence-corrected chi connectivity index (χ4v) is 2.78. The van der Waals surface area contributed by atoms with E-state index >= 15 is 0 Å². The van der Waals surface area contributed by atoms with Crippen LogP contribution in [0.3, 0.4) is 0 Å². The largest absolute Gasteiger partial charge is 0.493 e. The molecule has 0 saturated carbocycles. The highest BCUT2D eigenvalue weighted by Gasteiger charge is 2.14. The molecule has 0 radical (unpaired) electrons. The molecule has 2 aromatic heterocycles. The first-order valence-corrected chi connectivity index (χ1v) is 8.93. The summed E-state index contributed by atoms with van der Waals surface area (Å²) >= 11 is 0. The zero-order valence-electron chi connectivity index (χ0n) is 16.5. The Labute approximate surface area is 168 Å². The molecule has 3 rings (SSSR count). The summed E-state index contributed by atoms with van der Waals surface area (Å²) in [5, 5.41) is 10.1. The van der Waals surface area contributed by atoms with Gasteiger partial charge in [0.15, 0.2) is 11.5 Å². The van der Waals surface area contributed by atoms with Crippen molar-refractivity contribution in [1.29, 1.82) is 0 Å². The van der Waals surface area contributed by atoms with Crippen molar-refractivity contribution in [3.05, 3.63) is 48.9 Å². The van der Waals surface area contributed by atoms with Gasteiger partial charge in [0, 0.05) is 42.8 Å². The van der Waals surface area contributed by atoms with E-state index in [0.29, 0.717) is 36.0 Å². The molecular formula is C20H23N5O4. The maximum absolute atomic E-state index is 12.2. The van der Waals surface area contributed by atoms with E-state index in [9.17, 15) is 4.79 Å². The maximum Gasteiger partial charge on any atom is 0.319 e. The fourth-order valence-electron chi connectivity index (χ4n) is 2.78. The van der Waals surface area contributed by atoms with E-state index in [1.807, 2.05) is 24.4 Å². The molecule has 0 bridgehead atoms. The molecule has 0 unspecified atom stereocenters. The average molecular weight is 397 g/mol. The Morgan fingerprint density at radius 1 is 1.03 bits per heavy atom. The van der Waals surface area contributed by atoms with Crippen molar-refractivity contribution in [1.82, 2.24) is 20.1 Å². The number of carbonyl (C=O) groups excluding carboxylic acids is 1. The molecule has 9 nitrogen and oxygen atoms in total. The van der Waals surface area contributed by atoms with E-state index in [2.05, 4.69) is 20.7 Å². The Hall–Kier alpha value is -3.75. The van der Waals surface area contributed by atoms with E-state index in [4.69, 9.17) is 14.2 Å². The molecule has 2 amide bonds. The Balaban J connectivity index is 1.55. The third-order valence-electron chi connectivity index (χ3n) is 4.17. The van der Waals surface area contributed by atoms with E-state index in [1.54, 1.807) is 29.2 Å². The first kappa shape index (κ1) is 20.0. The number of methoxy groups -OCH3 is 3. The molecule has 0 aliphatic rings. The van der Waals surface area contributed by atoms with Gasteiger partial charge in [-0.1, -0.05) is 0 Å². The summed E-state index contributed by atoms with van der Waals surface area (Å²) in [5.74, 6) is 1.38. The second-order valence-electron chi connectivity index (χ2n) is 5.99. The first-order valence-electron chi connectivity index (χ1n) is 8.93. The zero-order valence-corrected chi connectivity index (χ0v) is 16.5. The van der Waals surface area contributed by atoms with Crippen molar-refractivity contribution in [3.8, 4) is 28.5 Å². The smallest absolute Gasteiger partial charge is 0.319 e. The van der Waals surface area contributed by atoms with Gasteiger partial charge in [-0.05, 0) is 18.2 Å². The highest BCUT2D eigenvalue weighted by molar-refractivity contribution is 5.90. The number of pyridine rings is 1. The van der Waals surface area contributed by atoms with Crippen molar-refractivity contribution in [2.45, 2.75) is 6.54 Å². The van der Waals surface area contributed by atoms with Gasteiger partial charge in [-0.15, -0.1) is 0 Å². The predicted octanol–water partition coefficient (Wildman–Crippen LogP) is 2.79. The summed E-state index contributed by atoms with van der Waals surface area (Å²) in [4.78, 5) is 16.2. The standard InChI is InChI=1S/C20H23N5O4/c1-27-17-12-15(13-18(28-2)19(17)29-3)23-20(26)22-9-11-25-10-6-16(24-25)14-4-7-21-8-5-14/h4-8,10,12-13H,9,11H2,1-3H3,(H2,22,23,26).